The lowest BCUT2D eigenvalue weighted by atomic mass is 10.0. The minimum atomic E-state index is -1.41. The number of pyridine rings is 1. The van der Waals surface area contributed by atoms with Gasteiger partial charge in [0.05, 0.1) is 16.2 Å². The van der Waals surface area contributed by atoms with Gasteiger partial charge < -0.3 is 9.84 Å². The zero-order valence-corrected chi connectivity index (χ0v) is 13.5. The lowest BCUT2D eigenvalue weighted by Gasteiger charge is -2.14. The molecule has 0 fully saturated rings. The summed E-state index contributed by atoms with van der Waals surface area (Å²) in [4.78, 5) is 15.7. The maximum Gasteiger partial charge on any atom is 0.511 e. The van der Waals surface area contributed by atoms with Crippen LogP contribution in [0, 0.1) is 6.92 Å². The van der Waals surface area contributed by atoms with E-state index < -0.39 is 6.16 Å². The van der Waals surface area contributed by atoms with Gasteiger partial charge in [0, 0.05) is 21.5 Å². The molecule has 1 aromatic heterocycles. The molecule has 0 amide bonds. The van der Waals surface area contributed by atoms with E-state index in [1.165, 1.54) is 0 Å². The van der Waals surface area contributed by atoms with E-state index in [1.54, 1.807) is 19.1 Å². The molecule has 0 unspecified atom stereocenters. The molecular formula is C17H11Cl2NO3. The number of hydrogen-bond acceptors (Lipinski definition) is 3. The molecular weight excluding hydrogens is 337 g/mol. The van der Waals surface area contributed by atoms with Crippen molar-refractivity contribution >= 4 is 40.3 Å². The predicted octanol–water partition coefficient (Wildman–Crippen LogP) is 5.57. The summed E-state index contributed by atoms with van der Waals surface area (Å²) >= 11 is 12.3. The van der Waals surface area contributed by atoms with Gasteiger partial charge in [-0.15, -0.1) is 0 Å². The number of hydrogen-bond donors (Lipinski definition) is 1. The van der Waals surface area contributed by atoms with Crippen molar-refractivity contribution in [3.8, 4) is 17.0 Å². The molecule has 3 rings (SSSR count). The highest BCUT2D eigenvalue weighted by molar-refractivity contribution is 6.38. The molecule has 0 spiro atoms. The molecule has 0 aliphatic rings. The number of benzene rings is 2. The SMILES string of the molecule is Cc1c(-c2ccccc2)nc2c(Cl)cc(Cl)cc2c1OC(=O)O. The second-order valence-corrected chi connectivity index (χ2v) is 5.78. The maximum absolute atomic E-state index is 11.1. The van der Waals surface area contributed by atoms with E-state index in [0.29, 0.717) is 32.2 Å². The Hall–Kier alpha value is -2.30. The number of ether oxygens (including phenoxy) is 1. The monoisotopic (exact) mass is 347 g/mol. The lowest BCUT2D eigenvalue weighted by molar-refractivity contribution is 0.144. The van der Waals surface area contributed by atoms with Crippen LogP contribution in [-0.2, 0) is 0 Å². The van der Waals surface area contributed by atoms with E-state index >= 15 is 0 Å². The number of nitrogens with zero attached hydrogens (tertiary/aromatic N) is 1. The standard InChI is InChI=1S/C17H11Cl2NO3/c1-9-14(10-5-3-2-4-6-10)20-15-12(16(9)23-17(21)22)7-11(18)8-13(15)19/h2-8H,1H3,(H,21,22). The van der Waals surface area contributed by atoms with E-state index in [0.717, 1.165) is 5.56 Å². The Morgan fingerprint density at radius 1 is 1.17 bits per heavy atom. The Morgan fingerprint density at radius 3 is 2.52 bits per heavy atom. The summed E-state index contributed by atoms with van der Waals surface area (Å²) < 4.78 is 4.99. The summed E-state index contributed by atoms with van der Waals surface area (Å²) in [5, 5.41) is 10.2. The fraction of sp³-hybridized carbons (Fsp3) is 0.0588. The van der Waals surface area contributed by atoms with Crippen molar-refractivity contribution in [3.05, 3.63) is 58.1 Å². The van der Waals surface area contributed by atoms with Crippen LogP contribution in [0.3, 0.4) is 0 Å². The fourth-order valence-electron chi connectivity index (χ4n) is 2.45. The topological polar surface area (TPSA) is 59.4 Å². The summed E-state index contributed by atoms with van der Waals surface area (Å²) in [7, 11) is 0. The Balaban J connectivity index is 2.39. The van der Waals surface area contributed by atoms with Gasteiger partial charge in [-0.05, 0) is 19.1 Å². The summed E-state index contributed by atoms with van der Waals surface area (Å²) in [6.07, 6.45) is -1.41. The Kier molecular flexibility index (Phi) is 4.11. The van der Waals surface area contributed by atoms with Gasteiger partial charge in [-0.2, -0.15) is 0 Å². The van der Waals surface area contributed by atoms with Crippen LogP contribution in [0.25, 0.3) is 22.2 Å². The van der Waals surface area contributed by atoms with E-state index in [4.69, 9.17) is 33.0 Å². The lowest BCUT2D eigenvalue weighted by Crippen LogP contribution is -2.06. The van der Waals surface area contributed by atoms with Crippen LogP contribution in [0.5, 0.6) is 5.75 Å². The van der Waals surface area contributed by atoms with E-state index in [-0.39, 0.29) is 5.75 Å². The van der Waals surface area contributed by atoms with Gasteiger partial charge in [-0.25, -0.2) is 9.78 Å². The van der Waals surface area contributed by atoms with E-state index in [1.807, 2.05) is 30.3 Å². The molecule has 23 heavy (non-hydrogen) atoms. The number of carbonyl (C=O) groups is 1. The first-order valence-electron chi connectivity index (χ1n) is 6.73. The van der Waals surface area contributed by atoms with Crippen LogP contribution in [-0.4, -0.2) is 16.2 Å². The molecule has 6 heteroatoms. The van der Waals surface area contributed by atoms with E-state index in [2.05, 4.69) is 4.98 Å². The largest absolute Gasteiger partial charge is 0.511 e. The average Bonchev–Trinajstić information content (AvgIpc) is 2.50. The summed E-state index contributed by atoms with van der Waals surface area (Å²) in [6, 6.07) is 12.6. The molecule has 2 aromatic carbocycles. The number of carboxylic acid groups (broad SMARTS) is 1. The molecule has 1 heterocycles. The molecule has 0 atom stereocenters. The zero-order chi connectivity index (χ0) is 16.6. The van der Waals surface area contributed by atoms with Gasteiger partial charge in [0.15, 0.2) is 0 Å². The number of fused-ring (bicyclic) bond motifs is 1. The molecule has 0 bridgehead atoms. The highest BCUT2D eigenvalue weighted by Crippen LogP contribution is 2.39. The molecule has 0 radical (unpaired) electrons. The summed E-state index contributed by atoms with van der Waals surface area (Å²) in [6.45, 7) is 1.75. The molecule has 0 saturated carbocycles. The van der Waals surface area contributed by atoms with Crippen molar-refractivity contribution in [2.75, 3.05) is 0 Å². The van der Waals surface area contributed by atoms with Gasteiger partial charge >= 0.3 is 6.16 Å². The van der Waals surface area contributed by atoms with Crippen molar-refractivity contribution in [1.29, 1.82) is 0 Å². The highest BCUT2D eigenvalue weighted by atomic mass is 35.5. The minimum Gasteiger partial charge on any atom is -0.449 e. The van der Waals surface area contributed by atoms with Gasteiger partial charge in [-0.1, -0.05) is 53.5 Å². The van der Waals surface area contributed by atoms with Crippen LogP contribution >= 0.6 is 23.2 Å². The van der Waals surface area contributed by atoms with Gasteiger partial charge in [0.2, 0.25) is 0 Å². The number of halogens is 2. The van der Waals surface area contributed by atoms with Crippen LogP contribution in [0.1, 0.15) is 5.56 Å². The second kappa shape index (κ2) is 6.07. The molecule has 3 aromatic rings. The molecule has 1 N–H and O–H groups in total. The first-order chi connectivity index (χ1) is 11.0. The van der Waals surface area contributed by atoms with Crippen molar-refractivity contribution < 1.29 is 14.6 Å². The third-order valence-electron chi connectivity index (χ3n) is 3.43. The first kappa shape index (κ1) is 15.6. The summed E-state index contributed by atoms with van der Waals surface area (Å²) in [5.74, 6) is 0.186. The molecule has 4 nitrogen and oxygen atoms in total. The van der Waals surface area contributed by atoms with Crippen molar-refractivity contribution in [2.24, 2.45) is 0 Å². The smallest absolute Gasteiger partial charge is 0.449 e. The minimum absolute atomic E-state index is 0.186. The molecule has 0 saturated heterocycles. The average molecular weight is 348 g/mol. The fourth-order valence-corrected chi connectivity index (χ4v) is 2.99. The van der Waals surface area contributed by atoms with Gasteiger partial charge in [0.1, 0.15) is 5.75 Å². The third kappa shape index (κ3) is 2.96. The zero-order valence-electron chi connectivity index (χ0n) is 12.0. The van der Waals surface area contributed by atoms with Crippen LogP contribution in [0.4, 0.5) is 4.79 Å². The van der Waals surface area contributed by atoms with Crippen molar-refractivity contribution in [3.63, 3.8) is 0 Å². The van der Waals surface area contributed by atoms with Crippen LogP contribution < -0.4 is 4.74 Å². The quantitative estimate of drug-likeness (QED) is 0.615. The second-order valence-electron chi connectivity index (χ2n) is 4.93. The van der Waals surface area contributed by atoms with Crippen molar-refractivity contribution in [2.45, 2.75) is 6.92 Å². The van der Waals surface area contributed by atoms with Gasteiger partial charge in [0.25, 0.3) is 0 Å². The number of rotatable bonds is 2. The third-order valence-corrected chi connectivity index (χ3v) is 3.94. The highest BCUT2D eigenvalue weighted by Gasteiger charge is 2.19. The molecule has 0 aliphatic carbocycles. The molecule has 116 valence electrons. The van der Waals surface area contributed by atoms with Crippen LogP contribution in [0.2, 0.25) is 10.0 Å². The predicted molar refractivity (Wildman–Crippen MR) is 90.6 cm³/mol. The van der Waals surface area contributed by atoms with Crippen LogP contribution in [0.15, 0.2) is 42.5 Å². The molecule has 0 aliphatic heterocycles. The van der Waals surface area contributed by atoms with Crippen molar-refractivity contribution in [1.82, 2.24) is 4.98 Å². The Morgan fingerprint density at radius 2 is 1.87 bits per heavy atom. The normalized spacial score (nSPS) is 10.7. The van der Waals surface area contributed by atoms with E-state index in [9.17, 15) is 4.79 Å². The summed E-state index contributed by atoms with van der Waals surface area (Å²) in [5.41, 5.74) is 2.49. The van der Waals surface area contributed by atoms with Gasteiger partial charge in [-0.3, -0.25) is 0 Å². The Labute approximate surface area is 142 Å². The first-order valence-corrected chi connectivity index (χ1v) is 7.48. The Bertz CT molecular complexity index is 911. The number of aromatic nitrogens is 1. The maximum atomic E-state index is 11.1.